The molecule has 13 aromatic carbocycles. The first-order valence-electron chi connectivity index (χ1n) is 24.6. The fourth-order valence-electron chi connectivity index (χ4n) is 11.2. The molecule has 1 heteroatoms. The Morgan fingerprint density at radius 2 is 0.535 bits per heavy atom. The highest BCUT2D eigenvalue weighted by molar-refractivity contribution is 6.22. The van der Waals surface area contributed by atoms with Gasteiger partial charge >= 0.3 is 0 Å². The Morgan fingerprint density at radius 3 is 1.00 bits per heavy atom. The van der Waals surface area contributed by atoms with Gasteiger partial charge in [-0.05, 0) is 158 Å². The molecule has 0 amide bonds. The van der Waals surface area contributed by atoms with E-state index in [1.165, 1.54) is 132 Å². The molecule has 0 radical (unpaired) electrons. The van der Waals surface area contributed by atoms with Gasteiger partial charge in [0.1, 0.15) is 0 Å². The molecule has 1 heterocycles. The summed E-state index contributed by atoms with van der Waals surface area (Å²) in [4.78, 5) is 0. The van der Waals surface area contributed by atoms with Gasteiger partial charge in [-0.2, -0.15) is 0 Å². The number of aromatic nitrogens is 1. The van der Waals surface area contributed by atoms with Crippen molar-refractivity contribution in [2.24, 2.45) is 0 Å². The smallest absolute Gasteiger partial charge is 0.0541 e. The summed E-state index contributed by atoms with van der Waals surface area (Å²) in [5.41, 5.74) is 18.0. The van der Waals surface area contributed by atoms with Crippen LogP contribution in [0.25, 0.3) is 137 Å². The minimum Gasteiger partial charge on any atom is -0.309 e. The fraction of sp³-hybridized carbons (Fsp3) is 0. The summed E-state index contributed by atoms with van der Waals surface area (Å²) in [6.07, 6.45) is 0. The van der Waals surface area contributed by atoms with Crippen LogP contribution in [0.1, 0.15) is 0 Å². The lowest BCUT2D eigenvalue weighted by Gasteiger charge is -2.19. The van der Waals surface area contributed by atoms with Gasteiger partial charge in [0, 0.05) is 16.5 Å². The molecule has 0 aliphatic carbocycles. The van der Waals surface area contributed by atoms with Crippen molar-refractivity contribution in [1.29, 1.82) is 0 Å². The fourth-order valence-corrected chi connectivity index (χ4v) is 11.2. The Morgan fingerprint density at radius 1 is 0.183 bits per heavy atom. The maximum atomic E-state index is 2.48. The normalized spacial score (nSPS) is 11.7. The second-order valence-corrected chi connectivity index (χ2v) is 18.8. The average molecular weight is 900 g/mol. The molecular weight excluding hydrogens is 855 g/mol. The third-order valence-electron chi connectivity index (χ3n) is 14.8. The zero-order chi connectivity index (χ0) is 46.8. The molecule has 1 nitrogen and oxygen atoms in total. The number of fused-ring (bicyclic) bond motifs is 7. The van der Waals surface area contributed by atoms with Crippen LogP contribution in [0.15, 0.2) is 273 Å². The van der Waals surface area contributed by atoms with E-state index >= 15 is 0 Å². The first kappa shape index (κ1) is 40.7. The van der Waals surface area contributed by atoms with Crippen molar-refractivity contribution in [3.05, 3.63) is 273 Å². The minimum atomic E-state index is 1.13. The number of hydrogen-bond donors (Lipinski definition) is 0. The second kappa shape index (κ2) is 16.7. The van der Waals surface area contributed by atoms with Crippen LogP contribution >= 0.6 is 0 Å². The van der Waals surface area contributed by atoms with E-state index < -0.39 is 0 Å². The summed E-state index contributed by atoms with van der Waals surface area (Å²) in [5.74, 6) is 0. The molecule has 0 aliphatic rings. The summed E-state index contributed by atoms with van der Waals surface area (Å²) in [7, 11) is 0. The van der Waals surface area contributed by atoms with Crippen LogP contribution in [0, 0.1) is 0 Å². The van der Waals surface area contributed by atoms with E-state index in [1.54, 1.807) is 0 Å². The Hall–Kier alpha value is -9.30. The van der Waals surface area contributed by atoms with Gasteiger partial charge in [0.05, 0.1) is 11.0 Å². The molecule has 0 fully saturated rings. The topological polar surface area (TPSA) is 4.93 Å². The van der Waals surface area contributed by atoms with Crippen molar-refractivity contribution < 1.29 is 0 Å². The second-order valence-electron chi connectivity index (χ2n) is 18.8. The monoisotopic (exact) mass is 899 g/mol. The van der Waals surface area contributed by atoms with Crippen LogP contribution in [0.5, 0.6) is 0 Å². The molecule has 1 aromatic heterocycles. The van der Waals surface area contributed by atoms with E-state index in [9.17, 15) is 0 Å². The van der Waals surface area contributed by atoms with Crippen molar-refractivity contribution in [2.45, 2.75) is 0 Å². The van der Waals surface area contributed by atoms with Crippen molar-refractivity contribution in [2.75, 3.05) is 0 Å². The van der Waals surface area contributed by atoms with Gasteiger partial charge < -0.3 is 4.57 Å². The highest BCUT2D eigenvalue weighted by atomic mass is 15.0. The average Bonchev–Trinajstić information content (AvgIpc) is 3.78. The van der Waals surface area contributed by atoms with Crippen LogP contribution in [-0.2, 0) is 0 Å². The summed E-state index contributed by atoms with van der Waals surface area (Å²) < 4.78 is 2.48. The molecule has 14 rings (SSSR count). The molecule has 0 atom stereocenters. The first-order valence-corrected chi connectivity index (χ1v) is 24.6. The van der Waals surface area contributed by atoms with E-state index in [0.717, 1.165) is 5.69 Å². The van der Waals surface area contributed by atoms with Crippen molar-refractivity contribution in [3.63, 3.8) is 0 Å². The highest BCUT2D eigenvalue weighted by Gasteiger charge is 2.20. The molecule has 14 aromatic rings. The summed E-state index contributed by atoms with van der Waals surface area (Å²) in [6.45, 7) is 0. The Balaban J connectivity index is 0.950. The third kappa shape index (κ3) is 7.01. The van der Waals surface area contributed by atoms with Crippen LogP contribution in [0.2, 0.25) is 0 Å². The van der Waals surface area contributed by atoms with Gasteiger partial charge in [0.25, 0.3) is 0 Å². The lowest BCUT2D eigenvalue weighted by atomic mass is 9.86. The molecule has 0 N–H and O–H groups in total. The standard InChI is InChI=1S/C70H45N/c1-3-15-52(16-4-1)69-61-21-11-12-22-62(61)70(53-17-5-2-6-18-53)66-45-60(37-38-63(66)69)71-67-39-35-58(50-27-23-48(24-28-50)56-33-31-46-13-7-9-19-54(46)41-56)43-64(67)65-44-59(36-40-68(65)71)51-29-25-49(26-30-51)57-34-32-47-14-8-10-20-55(47)42-57/h1-45H. The summed E-state index contributed by atoms with van der Waals surface area (Å²) in [5, 5.41) is 12.4. The van der Waals surface area contributed by atoms with Crippen molar-refractivity contribution in [3.8, 4) is 72.4 Å². The largest absolute Gasteiger partial charge is 0.309 e. The third-order valence-corrected chi connectivity index (χ3v) is 14.8. The number of hydrogen-bond acceptors (Lipinski definition) is 0. The van der Waals surface area contributed by atoms with Gasteiger partial charge in [-0.3, -0.25) is 0 Å². The first-order chi connectivity index (χ1) is 35.2. The summed E-state index contributed by atoms with van der Waals surface area (Å²) in [6, 6.07) is 101. The number of nitrogens with zero attached hydrogens (tertiary/aromatic N) is 1. The lowest BCUT2D eigenvalue weighted by Crippen LogP contribution is -1.96. The molecule has 0 spiro atoms. The predicted octanol–water partition coefficient (Wildman–Crippen LogP) is 19.4. The molecule has 0 unspecified atom stereocenters. The van der Waals surface area contributed by atoms with E-state index in [-0.39, 0.29) is 0 Å². The maximum absolute atomic E-state index is 2.48. The molecule has 330 valence electrons. The minimum absolute atomic E-state index is 1.13. The molecule has 71 heavy (non-hydrogen) atoms. The van der Waals surface area contributed by atoms with Gasteiger partial charge in [-0.15, -0.1) is 0 Å². The van der Waals surface area contributed by atoms with Crippen LogP contribution in [0.4, 0.5) is 0 Å². The quantitative estimate of drug-likeness (QED) is 0.141. The van der Waals surface area contributed by atoms with Gasteiger partial charge in [0.2, 0.25) is 0 Å². The zero-order valence-electron chi connectivity index (χ0n) is 38.9. The van der Waals surface area contributed by atoms with Gasteiger partial charge in [-0.25, -0.2) is 0 Å². The Labute approximate surface area is 412 Å². The van der Waals surface area contributed by atoms with E-state index in [0.29, 0.717) is 0 Å². The van der Waals surface area contributed by atoms with Crippen molar-refractivity contribution in [1.82, 2.24) is 4.57 Å². The maximum Gasteiger partial charge on any atom is 0.0541 e. The molecular formula is C70H45N. The summed E-state index contributed by atoms with van der Waals surface area (Å²) >= 11 is 0. The Kier molecular flexibility index (Phi) is 9.60. The van der Waals surface area contributed by atoms with Crippen LogP contribution in [-0.4, -0.2) is 4.57 Å². The zero-order valence-corrected chi connectivity index (χ0v) is 38.9. The number of rotatable bonds is 7. The SMILES string of the molecule is c1ccc(-c2c3ccccc3c(-c3ccccc3)c3cc(-n4c5ccc(-c6ccc(-c7ccc8ccccc8c7)cc6)cc5c5cc(-c6ccc(-c7ccc8ccccc8c7)cc6)ccc54)ccc23)cc1. The Bertz CT molecular complexity index is 4170. The van der Waals surface area contributed by atoms with Gasteiger partial charge in [0.15, 0.2) is 0 Å². The lowest BCUT2D eigenvalue weighted by molar-refractivity contribution is 1.19. The van der Waals surface area contributed by atoms with E-state index in [2.05, 4.69) is 278 Å². The molecule has 0 bridgehead atoms. The van der Waals surface area contributed by atoms with E-state index in [1.807, 2.05) is 0 Å². The van der Waals surface area contributed by atoms with Gasteiger partial charge in [-0.1, -0.05) is 224 Å². The predicted molar refractivity (Wildman–Crippen MR) is 303 cm³/mol. The molecule has 0 saturated carbocycles. The molecule has 0 saturated heterocycles. The van der Waals surface area contributed by atoms with Crippen molar-refractivity contribution >= 4 is 64.9 Å². The van der Waals surface area contributed by atoms with Crippen LogP contribution < -0.4 is 0 Å². The molecule has 0 aliphatic heterocycles. The van der Waals surface area contributed by atoms with Crippen LogP contribution in [0.3, 0.4) is 0 Å². The number of benzene rings is 13. The highest BCUT2D eigenvalue weighted by Crippen LogP contribution is 2.46. The van der Waals surface area contributed by atoms with E-state index in [4.69, 9.17) is 0 Å².